The highest BCUT2D eigenvalue weighted by Gasteiger charge is 2.14. The Bertz CT molecular complexity index is 940. The average Bonchev–Trinajstić information content (AvgIpc) is 2.75. The maximum Gasteiger partial charge on any atom is 0.227 e. The number of piperazine rings is 1. The van der Waals surface area contributed by atoms with Crippen molar-refractivity contribution >= 4 is 28.2 Å². The summed E-state index contributed by atoms with van der Waals surface area (Å²) >= 11 is 0. The highest BCUT2D eigenvalue weighted by Crippen LogP contribution is 2.26. The van der Waals surface area contributed by atoms with Crippen LogP contribution in [0.15, 0.2) is 48.7 Å². The van der Waals surface area contributed by atoms with Gasteiger partial charge in [0.05, 0.1) is 0 Å². The number of nitrogens with one attached hydrogen (secondary N) is 1. The second-order valence-electron chi connectivity index (χ2n) is 7.10. The van der Waals surface area contributed by atoms with Crippen LogP contribution in [0.2, 0.25) is 0 Å². The minimum atomic E-state index is 0.204. The molecular formula is C22H27N5O2. The van der Waals surface area contributed by atoms with E-state index in [1.165, 1.54) is 5.69 Å². The standard InChI is InChI=1S/C22H27N5O2/c1-3-28-16-29-20-6-4-5-17-15-23-22(25-21(17)20)24-18-7-9-19(10-8-18)27-13-11-26(2)12-14-27/h4-10,15H,3,11-14,16H2,1-2H3,(H,23,24,25). The Labute approximate surface area is 171 Å². The molecule has 0 radical (unpaired) electrons. The molecule has 7 heteroatoms. The molecule has 0 aliphatic carbocycles. The van der Waals surface area contributed by atoms with Gasteiger partial charge in [-0.15, -0.1) is 0 Å². The van der Waals surface area contributed by atoms with Crippen LogP contribution in [0.4, 0.5) is 17.3 Å². The van der Waals surface area contributed by atoms with Crippen molar-refractivity contribution in [3.05, 3.63) is 48.7 Å². The fraction of sp³-hybridized carbons (Fsp3) is 0.364. The highest BCUT2D eigenvalue weighted by atomic mass is 16.7. The molecule has 152 valence electrons. The number of benzene rings is 2. The van der Waals surface area contributed by atoms with Crippen molar-refractivity contribution in [1.82, 2.24) is 14.9 Å². The van der Waals surface area contributed by atoms with Gasteiger partial charge in [0.2, 0.25) is 5.95 Å². The van der Waals surface area contributed by atoms with Gasteiger partial charge in [-0.2, -0.15) is 0 Å². The predicted molar refractivity (Wildman–Crippen MR) is 116 cm³/mol. The zero-order chi connectivity index (χ0) is 20.1. The molecule has 0 bridgehead atoms. The van der Waals surface area contributed by atoms with Crippen LogP contribution in [0.3, 0.4) is 0 Å². The van der Waals surface area contributed by atoms with Crippen LogP contribution < -0.4 is 15.0 Å². The SMILES string of the molecule is CCOCOc1cccc2cnc(Nc3ccc(N4CCN(C)CC4)cc3)nc12. The first kappa shape index (κ1) is 19.4. The second-order valence-corrected chi connectivity index (χ2v) is 7.10. The smallest absolute Gasteiger partial charge is 0.227 e. The van der Waals surface area contributed by atoms with Crippen LogP contribution in [-0.2, 0) is 4.74 Å². The van der Waals surface area contributed by atoms with Gasteiger partial charge in [-0.25, -0.2) is 9.97 Å². The predicted octanol–water partition coefficient (Wildman–Crippen LogP) is 3.50. The third-order valence-electron chi connectivity index (χ3n) is 5.07. The van der Waals surface area contributed by atoms with Crippen molar-refractivity contribution in [3.63, 3.8) is 0 Å². The zero-order valence-electron chi connectivity index (χ0n) is 17.0. The zero-order valence-corrected chi connectivity index (χ0v) is 17.0. The van der Waals surface area contributed by atoms with E-state index in [-0.39, 0.29) is 6.79 Å². The van der Waals surface area contributed by atoms with E-state index in [1.54, 1.807) is 6.20 Å². The number of hydrogen-bond donors (Lipinski definition) is 1. The van der Waals surface area contributed by atoms with Gasteiger partial charge in [0.15, 0.2) is 6.79 Å². The normalized spacial score (nSPS) is 14.9. The van der Waals surface area contributed by atoms with Gasteiger partial charge >= 0.3 is 0 Å². The van der Waals surface area contributed by atoms with Gasteiger partial charge in [0, 0.05) is 55.7 Å². The number of nitrogens with zero attached hydrogens (tertiary/aromatic N) is 4. The van der Waals surface area contributed by atoms with Crippen molar-refractivity contribution < 1.29 is 9.47 Å². The Balaban J connectivity index is 1.48. The summed E-state index contributed by atoms with van der Waals surface area (Å²) in [5.74, 6) is 1.23. The largest absolute Gasteiger partial charge is 0.465 e. The lowest BCUT2D eigenvalue weighted by atomic mass is 10.2. The molecule has 29 heavy (non-hydrogen) atoms. The van der Waals surface area contributed by atoms with Gasteiger partial charge in [-0.05, 0) is 44.3 Å². The molecule has 1 N–H and O–H groups in total. The molecule has 1 saturated heterocycles. The molecule has 2 aromatic carbocycles. The van der Waals surface area contributed by atoms with Crippen molar-refractivity contribution in [3.8, 4) is 5.75 Å². The van der Waals surface area contributed by atoms with Crippen LogP contribution in [-0.4, -0.2) is 61.5 Å². The maximum atomic E-state index is 5.71. The van der Waals surface area contributed by atoms with E-state index in [1.807, 2.05) is 25.1 Å². The highest BCUT2D eigenvalue weighted by molar-refractivity contribution is 5.84. The van der Waals surface area contributed by atoms with Crippen LogP contribution >= 0.6 is 0 Å². The fourth-order valence-corrected chi connectivity index (χ4v) is 3.34. The number of rotatable bonds is 7. The number of fused-ring (bicyclic) bond motifs is 1. The molecule has 0 atom stereocenters. The lowest BCUT2D eigenvalue weighted by Crippen LogP contribution is -2.44. The Morgan fingerprint density at radius 3 is 2.59 bits per heavy atom. The summed E-state index contributed by atoms with van der Waals surface area (Å²) in [7, 11) is 2.17. The summed E-state index contributed by atoms with van der Waals surface area (Å²) in [4.78, 5) is 13.9. The topological polar surface area (TPSA) is 62.8 Å². The third-order valence-corrected chi connectivity index (χ3v) is 5.07. The lowest BCUT2D eigenvalue weighted by molar-refractivity contribution is 0.0232. The van der Waals surface area contributed by atoms with Crippen molar-refractivity contribution in [2.24, 2.45) is 0 Å². The third kappa shape index (κ3) is 4.75. The summed E-state index contributed by atoms with van der Waals surface area (Å²) in [5.41, 5.74) is 2.96. The monoisotopic (exact) mass is 393 g/mol. The summed E-state index contributed by atoms with van der Waals surface area (Å²) in [6.45, 7) is 7.05. The molecular weight excluding hydrogens is 366 g/mol. The van der Waals surface area contributed by atoms with Gasteiger partial charge in [0.25, 0.3) is 0 Å². The van der Waals surface area contributed by atoms with Gasteiger partial charge < -0.3 is 24.6 Å². The fourth-order valence-electron chi connectivity index (χ4n) is 3.34. The molecule has 0 spiro atoms. The molecule has 0 amide bonds. The molecule has 0 unspecified atom stereocenters. The molecule has 1 aliphatic heterocycles. The van der Waals surface area contributed by atoms with Crippen molar-refractivity contribution in [2.75, 3.05) is 56.8 Å². The molecule has 4 rings (SSSR count). The average molecular weight is 393 g/mol. The molecule has 1 aliphatic rings. The first-order chi connectivity index (χ1) is 14.2. The van der Waals surface area contributed by atoms with E-state index in [0.29, 0.717) is 18.3 Å². The maximum absolute atomic E-state index is 5.71. The molecule has 1 fully saturated rings. The van der Waals surface area contributed by atoms with Crippen LogP contribution in [0.1, 0.15) is 6.92 Å². The molecule has 7 nitrogen and oxygen atoms in total. The number of aromatic nitrogens is 2. The van der Waals surface area contributed by atoms with E-state index in [4.69, 9.17) is 9.47 Å². The molecule has 3 aromatic rings. The summed E-state index contributed by atoms with van der Waals surface area (Å²) in [6.07, 6.45) is 1.80. The molecule has 0 saturated carbocycles. The minimum Gasteiger partial charge on any atom is -0.465 e. The number of likely N-dealkylation sites (N-methyl/N-ethyl adjacent to an activating group) is 1. The first-order valence-corrected chi connectivity index (χ1v) is 10.00. The number of hydrogen-bond acceptors (Lipinski definition) is 7. The Hall–Kier alpha value is -2.90. The first-order valence-electron chi connectivity index (χ1n) is 10.00. The van der Waals surface area contributed by atoms with Crippen LogP contribution in [0, 0.1) is 0 Å². The van der Waals surface area contributed by atoms with Gasteiger partial charge in [0.1, 0.15) is 11.3 Å². The van der Waals surface area contributed by atoms with Crippen molar-refractivity contribution in [1.29, 1.82) is 0 Å². The van der Waals surface area contributed by atoms with Gasteiger partial charge in [-0.3, -0.25) is 0 Å². The Morgan fingerprint density at radius 1 is 1.03 bits per heavy atom. The summed E-state index contributed by atoms with van der Waals surface area (Å²) < 4.78 is 11.0. The molecule has 1 aromatic heterocycles. The van der Waals surface area contributed by atoms with E-state index in [0.717, 1.165) is 42.8 Å². The van der Waals surface area contributed by atoms with Gasteiger partial charge in [-0.1, -0.05) is 12.1 Å². The minimum absolute atomic E-state index is 0.204. The van der Waals surface area contributed by atoms with E-state index in [2.05, 4.69) is 56.4 Å². The lowest BCUT2D eigenvalue weighted by Gasteiger charge is -2.34. The number of ether oxygens (including phenoxy) is 2. The number of para-hydroxylation sites is 1. The number of anilines is 3. The van der Waals surface area contributed by atoms with Crippen molar-refractivity contribution in [2.45, 2.75) is 6.92 Å². The quantitative estimate of drug-likeness (QED) is 0.487. The summed E-state index contributed by atoms with van der Waals surface area (Å²) in [6, 6.07) is 14.2. The van der Waals surface area contributed by atoms with Crippen LogP contribution in [0.25, 0.3) is 10.9 Å². The Kier molecular flexibility index (Phi) is 6.07. The summed E-state index contributed by atoms with van der Waals surface area (Å²) in [5, 5.41) is 4.22. The van der Waals surface area contributed by atoms with Crippen LogP contribution in [0.5, 0.6) is 5.75 Å². The van der Waals surface area contributed by atoms with E-state index in [9.17, 15) is 0 Å². The van der Waals surface area contributed by atoms with E-state index < -0.39 is 0 Å². The van der Waals surface area contributed by atoms with E-state index >= 15 is 0 Å². The second kappa shape index (κ2) is 9.07. The Morgan fingerprint density at radius 2 is 1.83 bits per heavy atom. The molecule has 2 heterocycles.